The monoisotopic (exact) mass is 234 g/mol. The fraction of sp³-hybridized carbons (Fsp3) is 0.500. The van der Waals surface area contributed by atoms with Gasteiger partial charge in [-0.25, -0.2) is 5.43 Å². The molecule has 1 aliphatic rings. The lowest BCUT2D eigenvalue weighted by molar-refractivity contribution is -0.133. The summed E-state index contributed by atoms with van der Waals surface area (Å²) in [7, 11) is 0. The molecule has 0 saturated carbocycles. The molecule has 1 saturated heterocycles. The first-order valence-electron chi connectivity index (χ1n) is 6.35. The second-order valence-electron chi connectivity index (χ2n) is 4.67. The molecule has 0 aromatic heterocycles. The fourth-order valence-electron chi connectivity index (χ4n) is 2.17. The van der Waals surface area contributed by atoms with Gasteiger partial charge in [-0.3, -0.25) is 9.80 Å². The van der Waals surface area contributed by atoms with Crippen molar-refractivity contribution in [3.05, 3.63) is 35.9 Å². The van der Waals surface area contributed by atoms with Gasteiger partial charge >= 0.3 is 0 Å². The van der Waals surface area contributed by atoms with Crippen LogP contribution in [-0.4, -0.2) is 17.0 Å². The number of hydrogen-bond acceptors (Lipinski definition) is 2. The van der Waals surface area contributed by atoms with Crippen LogP contribution in [0.5, 0.6) is 0 Å². The summed E-state index contributed by atoms with van der Waals surface area (Å²) in [5, 5.41) is 1.82. The number of amides is 1. The Morgan fingerprint density at radius 3 is 2.82 bits per heavy atom. The molecule has 3 nitrogen and oxygen atoms in total. The summed E-state index contributed by atoms with van der Waals surface area (Å²) >= 11 is 0. The van der Waals surface area contributed by atoms with Crippen molar-refractivity contribution in [2.45, 2.75) is 45.2 Å². The van der Waals surface area contributed by atoms with E-state index in [-0.39, 0.29) is 13.4 Å². The molecule has 94 valence electrons. The highest BCUT2D eigenvalue weighted by atomic mass is 16.2. The maximum absolute atomic E-state index is 11.9. The van der Waals surface area contributed by atoms with Gasteiger partial charge in [-0.2, -0.15) is 0 Å². The van der Waals surface area contributed by atoms with E-state index in [1.807, 2.05) is 23.2 Å². The maximum Gasteiger partial charge on any atom is 0.237 e. The van der Waals surface area contributed by atoms with Crippen molar-refractivity contribution in [1.82, 2.24) is 10.4 Å². The van der Waals surface area contributed by atoms with Gasteiger partial charge in [0.1, 0.15) is 0 Å². The van der Waals surface area contributed by atoms with E-state index in [2.05, 4.69) is 31.4 Å². The summed E-state index contributed by atoms with van der Waals surface area (Å²) in [6, 6.07) is 10.8. The molecule has 1 aromatic rings. The van der Waals surface area contributed by atoms with Crippen molar-refractivity contribution in [2.75, 3.05) is 0 Å². The van der Waals surface area contributed by atoms with Crippen LogP contribution in [0.1, 0.15) is 46.1 Å². The Balaban J connectivity index is 0.00000162. The van der Waals surface area contributed by atoms with E-state index in [4.69, 9.17) is 0 Å². The largest absolute Gasteiger partial charge is 0.273 e. The van der Waals surface area contributed by atoms with Gasteiger partial charge in [0.2, 0.25) is 5.91 Å². The van der Waals surface area contributed by atoms with Crippen LogP contribution >= 0.6 is 0 Å². The van der Waals surface area contributed by atoms with E-state index >= 15 is 0 Å². The standard InChI is InChI=1S/C14H20N2O.H2/c1-3-11(2)15-16-13(9-10-14(16)17)12-7-5-4-6-8-12;/h4-8,11,13,15H,3,9-10H2,1-2H3;1H. The third-order valence-corrected chi connectivity index (χ3v) is 3.37. The van der Waals surface area contributed by atoms with Crippen LogP contribution < -0.4 is 5.43 Å². The van der Waals surface area contributed by atoms with Crippen LogP contribution in [0.15, 0.2) is 30.3 Å². The molecule has 2 unspecified atom stereocenters. The van der Waals surface area contributed by atoms with Gasteiger partial charge in [0.15, 0.2) is 0 Å². The molecule has 0 bridgehead atoms. The van der Waals surface area contributed by atoms with E-state index in [1.165, 1.54) is 5.56 Å². The molecule has 0 spiro atoms. The van der Waals surface area contributed by atoms with Gasteiger partial charge in [-0.1, -0.05) is 37.3 Å². The predicted molar refractivity (Wildman–Crippen MR) is 70.3 cm³/mol. The lowest BCUT2D eigenvalue weighted by Gasteiger charge is -2.28. The Morgan fingerprint density at radius 1 is 1.47 bits per heavy atom. The van der Waals surface area contributed by atoms with Gasteiger partial charge in [0, 0.05) is 13.9 Å². The Bertz CT molecular complexity index is 383. The van der Waals surface area contributed by atoms with Crippen LogP contribution in [0, 0.1) is 0 Å². The topological polar surface area (TPSA) is 32.3 Å². The van der Waals surface area contributed by atoms with E-state index in [1.54, 1.807) is 0 Å². The quantitative estimate of drug-likeness (QED) is 0.868. The molecule has 1 amide bonds. The number of hydrazine groups is 1. The minimum atomic E-state index is 0. The molecule has 1 aromatic carbocycles. The van der Waals surface area contributed by atoms with E-state index in [0.29, 0.717) is 12.5 Å². The normalized spacial score (nSPS) is 21.9. The van der Waals surface area contributed by atoms with Gasteiger partial charge in [0.05, 0.1) is 6.04 Å². The van der Waals surface area contributed by atoms with Crippen LogP contribution in [0.3, 0.4) is 0 Å². The maximum atomic E-state index is 11.9. The van der Waals surface area contributed by atoms with Crippen molar-refractivity contribution >= 4 is 5.91 Å². The van der Waals surface area contributed by atoms with Crippen molar-refractivity contribution in [2.24, 2.45) is 0 Å². The lowest BCUT2D eigenvalue weighted by Crippen LogP contribution is -2.45. The first-order valence-corrected chi connectivity index (χ1v) is 6.35. The van der Waals surface area contributed by atoms with E-state index in [9.17, 15) is 4.79 Å². The van der Waals surface area contributed by atoms with Gasteiger partial charge in [-0.05, 0) is 25.3 Å². The number of benzene rings is 1. The Kier molecular flexibility index (Phi) is 3.79. The average molecular weight is 234 g/mol. The molecule has 2 rings (SSSR count). The zero-order chi connectivity index (χ0) is 12.3. The van der Waals surface area contributed by atoms with Crippen molar-refractivity contribution in [1.29, 1.82) is 0 Å². The third kappa shape index (κ3) is 2.67. The van der Waals surface area contributed by atoms with E-state index in [0.717, 1.165) is 12.8 Å². The van der Waals surface area contributed by atoms with Gasteiger partial charge < -0.3 is 0 Å². The third-order valence-electron chi connectivity index (χ3n) is 3.37. The first kappa shape index (κ1) is 12.1. The summed E-state index contributed by atoms with van der Waals surface area (Å²) in [5.41, 5.74) is 4.53. The second-order valence-corrected chi connectivity index (χ2v) is 4.67. The highest BCUT2D eigenvalue weighted by Crippen LogP contribution is 2.31. The number of nitrogens with one attached hydrogen (secondary N) is 1. The van der Waals surface area contributed by atoms with Gasteiger partial charge in [0.25, 0.3) is 0 Å². The SMILES string of the molecule is CCC(C)NN1C(=O)CCC1c1ccccc1.[HH]. The molecule has 1 N–H and O–H groups in total. The van der Waals surface area contributed by atoms with Crippen LogP contribution in [0.4, 0.5) is 0 Å². The summed E-state index contributed by atoms with van der Waals surface area (Å²) in [5.74, 6) is 0.208. The van der Waals surface area contributed by atoms with Crippen LogP contribution in [-0.2, 0) is 4.79 Å². The average Bonchev–Trinajstić information content (AvgIpc) is 2.72. The minimum absolute atomic E-state index is 0. The summed E-state index contributed by atoms with van der Waals surface area (Å²) in [6.07, 6.45) is 2.57. The molecule has 0 radical (unpaired) electrons. The van der Waals surface area contributed by atoms with Crippen LogP contribution in [0.2, 0.25) is 0 Å². The Morgan fingerprint density at radius 2 is 2.18 bits per heavy atom. The van der Waals surface area contributed by atoms with Crippen LogP contribution in [0.25, 0.3) is 0 Å². The van der Waals surface area contributed by atoms with E-state index < -0.39 is 0 Å². The Labute approximate surface area is 104 Å². The molecular formula is C14H22N2O. The zero-order valence-electron chi connectivity index (χ0n) is 10.5. The Hall–Kier alpha value is -1.35. The molecule has 1 fully saturated rings. The fourth-order valence-corrected chi connectivity index (χ4v) is 2.17. The number of carbonyl (C=O) groups excluding carboxylic acids is 1. The highest BCUT2D eigenvalue weighted by Gasteiger charge is 2.32. The highest BCUT2D eigenvalue weighted by molar-refractivity contribution is 5.78. The summed E-state index contributed by atoms with van der Waals surface area (Å²) in [4.78, 5) is 11.9. The first-order chi connectivity index (χ1) is 8.22. The molecule has 1 heterocycles. The molecule has 0 aliphatic carbocycles. The molecule has 3 heteroatoms. The molecule has 17 heavy (non-hydrogen) atoms. The minimum Gasteiger partial charge on any atom is -0.273 e. The zero-order valence-corrected chi connectivity index (χ0v) is 10.5. The smallest absolute Gasteiger partial charge is 0.237 e. The van der Waals surface area contributed by atoms with Crippen molar-refractivity contribution in [3.8, 4) is 0 Å². The van der Waals surface area contributed by atoms with Crippen molar-refractivity contribution in [3.63, 3.8) is 0 Å². The molecular weight excluding hydrogens is 212 g/mol. The second kappa shape index (κ2) is 5.32. The number of hydrogen-bond donors (Lipinski definition) is 1. The lowest BCUT2D eigenvalue weighted by atomic mass is 10.1. The summed E-state index contributed by atoms with van der Waals surface area (Å²) in [6.45, 7) is 4.23. The molecule has 2 atom stereocenters. The number of rotatable bonds is 4. The van der Waals surface area contributed by atoms with Gasteiger partial charge in [-0.15, -0.1) is 0 Å². The number of nitrogens with zero attached hydrogens (tertiary/aromatic N) is 1. The molecule has 1 aliphatic heterocycles. The van der Waals surface area contributed by atoms with Crippen molar-refractivity contribution < 1.29 is 6.22 Å². The predicted octanol–water partition coefficient (Wildman–Crippen LogP) is 2.90. The summed E-state index contributed by atoms with van der Waals surface area (Å²) < 4.78 is 0. The number of carbonyl (C=O) groups is 1.